The number of carbonyl (C=O) groups is 1. The number of fused-ring (bicyclic) bond motifs is 3. The maximum atomic E-state index is 13.6. The van der Waals surface area contributed by atoms with Gasteiger partial charge in [0.25, 0.3) is 0 Å². The van der Waals surface area contributed by atoms with Gasteiger partial charge >= 0.3 is 13.1 Å². The minimum absolute atomic E-state index is 0.0298. The highest BCUT2D eigenvalue weighted by Crippen LogP contribution is 2.44. The Morgan fingerprint density at radius 1 is 1.00 bits per heavy atom. The first-order chi connectivity index (χ1) is 15.2. The smallest absolute Gasteiger partial charge is 0.449 e. The van der Waals surface area contributed by atoms with Gasteiger partial charge in [-0.2, -0.15) is 0 Å². The van der Waals surface area contributed by atoms with E-state index in [0.29, 0.717) is 9.13 Å². The Kier molecular flexibility index (Phi) is 6.25. The maximum absolute atomic E-state index is 13.6. The molecule has 1 amide bonds. The highest BCUT2D eigenvalue weighted by Gasteiger charge is 2.31. The number of benzene rings is 3. The summed E-state index contributed by atoms with van der Waals surface area (Å²) in [7, 11) is 0. The number of rotatable bonds is 5. The highest BCUT2D eigenvalue weighted by atomic mass is 127. The van der Waals surface area contributed by atoms with E-state index in [1.165, 1.54) is 13.8 Å². The van der Waals surface area contributed by atoms with E-state index >= 15 is 0 Å². The third-order valence-corrected chi connectivity index (χ3v) is 7.16. The summed E-state index contributed by atoms with van der Waals surface area (Å²) in [5, 5.41) is 2.61. The van der Waals surface area contributed by atoms with Crippen LogP contribution in [-0.2, 0) is 11.3 Å². The van der Waals surface area contributed by atoms with Crippen LogP contribution in [0.2, 0.25) is 0 Å². The fourth-order valence-electron chi connectivity index (χ4n) is 4.44. The maximum Gasteiger partial charge on any atom is 0.510 e. The lowest BCUT2D eigenvalue weighted by molar-refractivity contribution is 0.142. The third-order valence-electron chi connectivity index (χ3n) is 6.04. The molecule has 0 radical (unpaired) electrons. The zero-order valence-corrected chi connectivity index (χ0v) is 19.8. The summed E-state index contributed by atoms with van der Waals surface area (Å²) >= 11 is 1.90. The van der Waals surface area contributed by atoms with Crippen molar-refractivity contribution < 1.29 is 22.5 Å². The molecule has 3 aromatic rings. The van der Waals surface area contributed by atoms with Crippen molar-refractivity contribution in [2.24, 2.45) is 0 Å². The fourth-order valence-corrected chi connectivity index (χ4v) is 5.11. The van der Waals surface area contributed by atoms with E-state index in [1.54, 1.807) is 6.07 Å². The summed E-state index contributed by atoms with van der Waals surface area (Å²) in [6, 6.07) is 17.7. The predicted molar refractivity (Wildman–Crippen MR) is 129 cm³/mol. The van der Waals surface area contributed by atoms with Crippen molar-refractivity contribution in [3.05, 3.63) is 86.0 Å². The molecule has 3 nitrogen and oxygen atoms in total. The molecule has 0 spiro atoms. The molecule has 8 heteroatoms. The Bertz CT molecular complexity index is 1150. The molecule has 0 atom stereocenters. The first-order valence-electron chi connectivity index (χ1n) is 10.3. The van der Waals surface area contributed by atoms with Gasteiger partial charge in [0.1, 0.15) is 6.61 Å². The van der Waals surface area contributed by atoms with Crippen LogP contribution < -0.4 is 10.8 Å². The number of ether oxygens (including phenoxy) is 1. The molecule has 0 aromatic heterocycles. The van der Waals surface area contributed by atoms with Crippen LogP contribution in [0.5, 0.6) is 0 Å². The van der Waals surface area contributed by atoms with Gasteiger partial charge in [-0.05, 0) is 70.3 Å². The van der Waals surface area contributed by atoms with E-state index in [2.05, 4.69) is 17.4 Å². The molecule has 0 aliphatic heterocycles. The number of hydrogen-bond acceptors (Lipinski definition) is 2. The number of amides is 1. The average Bonchev–Trinajstić information content (AvgIpc) is 3.07. The Hall–Kier alpha value is -2.49. The summed E-state index contributed by atoms with van der Waals surface area (Å²) in [4.78, 5) is 12.4. The lowest BCUT2D eigenvalue weighted by atomic mass is 9.73. The number of alkyl carbamates (subject to hydrolysis) is 1. The Morgan fingerprint density at radius 3 is 2.12 bits per heavy atom. The van der Waals surface area contributed by atoms with Crippen LogP contribution in [0.4, 0.5) is 17.7 Å². The second-order valence-corrected chi connectivity index (χ2v) is 9.10. The Labute approximate surface area is 198 Å². The van der Waals surface area contributed by atoms with Crippen LogP contribution >= 0.6 is 22.6 Å². The van der Waals surface area contributed by atoms with Gasteiger partial charge in [0, 0.05) is 16.0 Å². The number of nitrogens with one attached hydrogen (secondary N) is 1. The molecule has 1 aliphatic carbocycles. The van der Waals surface area contributed by atoms with Crippen LogP contribution in [-0.4, -0.2) is 19.7 Å². The van der Waals surface area contributed by atoms with Crippen molar-refractivity contribution >= 4 is 41.1 Å². The largest absolute Gasteiger partial charge is 0.510 e. The van der Waals surface area contributed by atoms with Crippen LogP contribution in [0.15, 0.2) is 54.6 Å². The Balaban J connectivity index is 1.46. The molecule has 0 fully saturated rings. The fraction of sp³-hybridized carbons (Fsp3) is 0.208. The standard InChI is InChI=1S/C24H21BF3INO2/c1-14-16(11-22(29)15(2)23(14)25(26,27)28)12-30-24(31)32-13-21-19-9-5-3-7-17(19)18-8-4-6-10-20(18)21/h3-11,21H,12-13H2,1-2H3,(H,30,31)/q-1. The zero-order chi connectivity index (χ0) is 23.0. The number of carbonyl (C=O) groups excluding carboxylic acids is 1. The summed E-state index contributed by atoms with van der Waals surface area (Å²) in [6.07, 6.45) is -0.652. The van der Waals surface area contributed by atoms with Crippen molar-refractivity contribution in [1.29, 1.82) is 0 Å². The molecule has 0 bridgehead atoms. The molecule has 0 saturated carbocycles. The number of halogens is 4. The van der Waals surface area contributed by atoms with E-state index in [0.717, 1.165) is 22.3 Å². The topological polar surface area (TPSA) is 38.3 Å². The molecule has 3 aromatic carbocycles. The summed E-state index contributed by atoms with van der Waals surface area (Å²) in [5.74, 6) is -0.0743. The molecule has 166 valence electrons. The minimum Gasteiger partial charge on any atom is -0.449 e. The van der Waals surface area contributed by atoms with Crippen molar-refractivity contribution in [2.45, 2.75) is 26.3 Å². The molecule has 0 heterocycles. The van der Waals surface area contributed by atoms with Crippen LogP contribution in [0.1, 0.15) is 33.7 Å². The van der Waals surface area contributed by atoms with Gasteiger partial charge in [0.05, 0.1) is 0 Å². The second kappa shape index (κ2) is 8.81. The lowest BCUT2D eigenvalue weighted by Gasteiger charge is -2.24. The van der Waals surface area contributed by atoms with E-state index in [9.17, 15) is 17.7 Å². The molecule has 1 N–H and O–H groups in total. The molecule has 1 aliphatic rings. The van der Waals surface area contributed by atoms with E-state index in [4.69, 9.17) is 4.74 Å². The Morgan fingerprint density at radius 2 is 1.56 bits per heavy atom. The molecule has 0 saturated heterocycles. The van der Waals surface area contributed by atoms with Crippen LogP contribution in [0, 0.1) is 17.4 Å². The monoisotopic (exact) mass is 550 g/mol. The molecular weight excluding hydrogens is 529 g/mol. The minimum atomic E-state index is -5.14. The van der Waals surface area contributed by atoms with Crippen molar-refractivity contribution in [3.63, 3.8) is 0 Å². The predicted octanol–water partition coefficient (Wildman–Crippen LogP) is 6.00. The molecule has 32 heavy (non-hydrogen) atoms. The van der Waals surface area contributed by atoms with Crippen LogP contribution in [0.3, 0.4) is 0 Å². The third kappa shape index (κ3) is 4.24. The van der Waals surface area contributed by atoms with Crippen LogP contribution in [0.25, 0.3) is 11.1 Å². The summed E-state index contributed by atoms with van der Waals surface area (Å²) in [5.41, 5.74) is 4.68. The van der Waals surface area contributed by atoms with Gasteiger partial charge in [-0.25, -0.2) is 4.79 Å². The van der Waals surface area contributed by atoms with Crippen molar-refractivity contribution in [2.75, 3.05) is 6.61 Å². The van der Waals surface area contributed by atoms with Gasteiger partial charge < -0.3 is 23.0 Å². The zero-order valence-electron chi connectivity index (χ0n) is 17.6. The van der Waals surface area contributed by atoms with E-state index in [-0.39, 0.29) is 30.2 Å². The average molecular weight is 550 g/mol. The molecular formula is C24H21BF3INO2-. The lowest BCUT2D eigenvalue weighted by Crippen LogP contribution is -2.40. The van der Waals surface area contributed by atoms with E-state index in [1.807, 2.05) is 59.0 Å². The molecule has 0 unspecified atom stereocenters. The molecule has 4 rings (SSSR count). The van der Waals surface area contributed by atoms with Crippen molar-refractivity contribution in [3.8, 4) is 11.1 Å². The van der Waals surface area contributed by atoms with Gasteiger partial charge in [-0.3, -0.25) is 0 Å². The van der Waals surface area contributed by atoms with Gasteiger partial charge in [-0.1, -0.05) is 59.7 Å². The summed E-state index contributed by atoms with van der Waals surface area (Å²) in [6.45, 7) is -2.10. The SMILES string of the molecule is Cc1c(I)cc(CNC(=O)OCC2c3ccccc3-c3ccccc32)c(C)c1[B-](F)(F)F. The normalized spacial score (nSPS) is 12.9. The first-order valence-corrected chi connectivity index (χ1v) is 11.3. The highest BCUT2D eigenvalue weighted by molar-refractivity contribution is 14.1. The second-order valence-electron chi connectivity index (χ2n) is 7.94. The van der Waals surface area contributed by atoms with Gasteiger partial charge in [-0.15, -0.1) is 5.46 Å². The summed E-state index contributed by atoms with van der Waals surface area (Å²) < 4.78 is 46.7. The van der Waals surface area contributed by atoms with Gasteiger partial charge in [0.2, 0.25) is 0 Å². The van der Waals surface area contributed by atoms with Gasteiger partial charge in [0.15, 0.2) is 0 Å². The quantitative estimate of drug-likeness (QED) is 0.313. The van der Waals surface area contributed by atoms with Crippen molar-refractivity contribution in [1.82, 2.24) is 5.32 Å². The number of hydrogen-bond donors (Lipinski definition) is 1. The first kappa shape index (κ1) is 22.7. The van der Waals surface area contributed by atoms with E-state index < -0.39 is 18.5 Å².